The summed E-state index contributed by atoms with van der Waals surface area (Å²) in [6, 6.07) is 9.06. The molecule has 0 aliphatic heterocycles. The number of carboxylic acids is 1. The summed E-state index contributed by atoms with van der Waals surface area (Å²) in [5, 5.41) is 14.8. The predicted octanol–water partition coefficient (Wildman–Crippen LogP) is 5.05. The summed E-state index contributed by atoms with van der Waals surface area (Å²) in [6.45, 7) is 1.86. The Balaban J connectivity index is 1.68. The van der Waals surface area contributed by atoms with Crippen LogP contribution in [0.15, 0.2) is 45.5 Å². The molecule has 7 heteroatoms. The first-order valence-electron chi connectivity index (χ1n) is 7.81. The molecule has 26 heavy (non-hydrogen) atoms. The lowest BCUT2D eigenvalue weighted by Crippen LogP contribution is -2.06. The molecule has 0 aliphatic rings. The number of para-hydroxylation sites is 1. The van der Waals surface area contributed by atoms with Crippen LogP contribution in [-0.4, -0.2) is 21.8 Å². The molecule has 0 fully saturated rings. The Hall–Kier alpha value is -2.77. The molecule has 0 aliphatic carbocycles. The molecule has 0 saturated heterocycles. The maximum absolute atomic E-state index is 12.6. The maximum atomic E-state index is 12.6. The van der Waals surface area contributed by atoms with Crippen molar-refractivity contribution in [3.05, 3.63) is 63.0 Å². The average Bonchev–Trinajstić information content (AvgIpc) is 3.31. The number of furan rings is 1. The summed E-state index contributed by atoms with van der Waals surface area (Å²) in [4.78, 5) is 29.3. The number of fused-ring (bicyclic) bond motifs is 1. The lowest BCUT2D eigenvalue weighted by atomic mass is 10.1. The van der Waals surface area contributed by atoms with Crippen LogP contribution in [0.5, 0.6) is 0 Å². The van der Waals surface area contributed by atoms with Gasteiger partial charge in [0.1, 0.15) is 10.6 Å². The van der Waals surface area contributed by atoms with Crippen molar-refractivity contribution in [2.75, 3.05) is 0 Å². The standard InChI is InChI=1S/C19H13NO4S2/c1-10-8-26-18(20-10)12-9-25-16(17(12)19(22)23)7-13(21)15-6-11-4-2-3-5-14(11)24-15/h2-6,8-9H,7H2,1H3,(H,22,23). The van der Waals surface area contributed by atoms with Gasteiger partial charge in [-0.25, -0.2) is 9.78 Å². The van der Waals surface area contributed by atoms with Gasteiger partial charge in [-0.2, -0.15) is 0 Å². The van der Waals surface area contributed by atoms with Gasteiger partial charge in [-0.15, -0.1) is 22.7 Å². The number of aryl methyl sites for hydroxylation is 1. The largest absolute Gasteiger partial charge is 0.478 e. The number of carbonyl (C=O) groups is 2. The van der Waals surface area contributed by atoms with Crippen molar-refractivity contribution >= 4 is 45.4 Å². The van der Waals surface area contributed by atoms with Crippen molar-refractivity contribution in [3.8, 4) is 10.6 Å². The Bertz CT molecular complexity index is 1100. The van der Waals surface area contributed by atoms with E-state index in [4.69, 9.17) is 4.42 Å². The van der Waals surface area contributed by atoms with E-state index in [-0.39, 0.29) is 23.5 Å². The Morgan fingerprint density at radius 3 is 2.69 bits per heavy atom. The summed E-state index contributed by atoms with van der Waals surface area (Å²) >= 11 is 2.66. The van der Waals surface area contributed by atoms with Crippen LogP contribution in [0.25, 0.3) is 21.5 Å². The number of aromatic nitrogens is 1. The molecule has 3 aromatic heterocycles. The van der Waals surface area contributed by atoms with E-state index in [0.717, 1.165) is 11.1 Å². The molecule has 0 saturated carbocycles. The number of aromatic carboxylic acids is 1. The number of benzene rings is 1. The zero-order chi connectivity index (χ0) is 18.3. The molecule has 3 heterocycles. The van der Waals surface area contributed by atoms with E-state index < -0.39 is 5.97 Å². The highest BCUT2D eigenvalue weighted by Crippen LogP contribution is 2.34. The Kier molecular flexibility index (Phi) is 4.18. The minimum Gasteiger partial charge on any atom is -0.478 e. The molecule has 1 N–H and O–H groups in total. The van der Waals surface area contributed by atoms with Crippen LogP contribution >= 0.6 is 22.7 Å². The number of ketones is 1. The van der Waals surface area contributed by atoms with Crippen molar-refractivity contribution in [3.63, 3.8) is 0 Å². The fourth-order valence-electron chi connectivity index (χ4n) is 2.75. The Morgan fingerprint density at radius 2 is 2.00 bits per heavy atom. The van der Waals surface area contributed by atoms with Gasteiger partial charge in [0.2, 0.25) is 5.78 Å². The normalized spacial score (nSPS) is 11.1. The molecular weight excluding hydrogens is 370 g/mol. The first kappa shape index (κ1) is 16.7. The van der Waals surface area contributed by atoms with Crippen LogP contribution in [0.1, 0.15) is 31.5 Å². The molecule has 4 aromatic rings. The Morgan fingerprint density at radius 1 is 1.19 bits per heavy atom. The quantitative estimate of drug-likeness (QED) is 0.488. The lowest BCUT2D eigenvalue weighted by molar-refractivity contribution is 0.0697. The van der Waals surface area contributed by atoms with Gasteiger partial charge in [0.25, 0.3) is 0 Å². The van der Waals surface area contributed by atoms with Gasteiger partial charge in [0.15, 0.2) is 5.76 Å². The summed E-state index contributed by atoms with van der Waals surface area (Å²) in [5.74, 6) is -1.06. The highest BCUT2D eigenvalue weighted by Gasteiger charge is 2.24. The van der Waals surface area contributed by atoms with Gasteiger partial charge in [0, 0.05) is 38.7 Å². The monoisotopic (exact) mass is 383 g/mol. The molecule has 1 aromatic carbocycles. The molecule has 5 nitrogen and oxygen atoms in total. The average molecular weight is 383 g/mol. The van der Waals surface area contributed by atoms with Crippen LogP contribution in [-0.2, 0) is 6.42 Å². The Labute approximate surface area is 156 Å². The van der Waals surface area contributed by atoms with Crippen LogP contribution in [0.3, 0.4) is 0 Å². The molecule has 0 unspecified atom stereocenters. The third-order valence-electron chi connectivity index (χ3n) is 3.95. The van der Waals surface area contributed by atoms with Crippen molar-refractivity contribution < 1.29 is 19.1 Å². The van der Waals surface area contributed by atoms with Crippen LogP contribution in [0.2, 0.25) is 0 Å². The SMILES string of the molecule is Cc1csc(-c2csc(CC(=O)c3cc4ccccc4o3)c2C(=O)O)n1. The van der Waals surface area contributed by atoms with E-state index in [1.54, 1.807) is 17.5 Å². The summed E-state index contributed by atoms with van der Waals surface area (Å²) in [5.41, 5.74) is 2.19. The van der Waals surface area contributed by atoms with Gasteiger partial charge in [0.05, 0.1) is 5.56 Å². The molecule has 0 spiro atoms. The van der Waals surface area contributed by atoms with Gasteiger partial charge in [-0.3, -0.25) is 4.79 Å². The minimum atomic E-state index is -1.05. The van der Waals surface area contributed by atoms with Crippen LogP contribution < -0.4 is 0 Å². The molecule has 0 atom stereocenters. The number of rotatable bonds is 5. The number of nitrogens with zero attached hydrogens (tertiary/aromatic N) is 1. The first-order chi connectivity index (χ1) is 12.5. The van der Waals surface area contributed by atoms with E-state index in [1.807, 2.05) is 30.5 Å². The van der Waals surface area contributed by atoms with Crippen molar-refractivity contribution in [2.45, 2.75) is 13.3 Å². The highest BCUT2D eigenvalue weighted by atomic mass is 32.1. The third-order valence-corrected chi connectivity index (χ3v) is 5.93. The summed E-state index contributed by atoms with van der Waals surface area (Å²) in [6.07, 6.45) is -0.0174. The minimum absolute atomic E-state index is 0.0174. The fourth-order valence-corrected chi connectivity index (χ4v) is 4.66. The zero-order valence-electron chi connectivity index (χ0n) is 13.7. The molecular formula is C19H13NO4S2. The van der Waals surface area contributed by atoms with Gasteiger partial charge < -0.3 is 9.52 Å². The van der Waals surface area contributed by atoms with Gasteiger partial charge in [-0.05, 0) is 19.1 Å². The zero-order valence-corrected chi connectivity index (χ0v) is 15.3. The summed E-state index contributed by atoms with van der Waals surface area (Å²) < 4.78 is 5.59. The first-order valence-corrected chi connectivity index (χ1v) is 9.57. The maximum Gasteiger partial charge on any atom is 0.337 e. The number of thiophene rings is 1. The highest BCUT2D eigenvalue weighted by molar-refractivity contribution is 7.14. The molecule has 0 amide bonds. The van der Waals surface area contributed by atoms with E-state index in [2.05, 4.69) is 4.98 Å². The molecule has 130 valence electrons. The molecule has 0 radical (unpaired) electrons. The smallest absolute Gasteiger partial charge is 0.337 e. The topological polar surface area (TPSA) is 80.4 Å². The van der Waals surface area contributed by atoms with Gasteiger partial charge in [-0.1, -0.05) is 18.2 Å². The number of hydrogen-bond acceptors (Lipinski definition) is 6. The number of carbonyl (C=O) groups excluding carboxylic acids is 1. The van der Waals surface area contributed by atoms with Crippen molar-refractivity contribution in [1.82, 2.24) is 4.98 Å². The van der Waals surface area contributed by atoms with E-state index in [0.29, 0.717) is 21.0 Å². The van der Waals surface area contributed by atoms with Crippen LogP contribution in [0.4, 0.5) is 0 Å². The molecule has 0 bridgehead atoms. The van der Waals surface area contributed by atoms with E-state index >= 15 is 0 Å². The van der Waals surface area contributed by atoms with Crippen molar-refractivity contribution in [1.29, 1.82) is 0 Å². The van der Waals surface area contributed by atoms with Crippen LogP contribution in [0, 0.1) is 6.92 Å². The fraction of sp³-hybridized carbons (Fsp3) is 0.105. The van der Waals surface area contributed by atoms with Crippen molar-refractivity contribution in [2.24, 2.45) is 0 Å². The second-order valence-corrected chi connectivity index (χ2v) is 7.62. The van der Waals surface area contributed by atoms with E-state index in [1.165, 1.54) is 22.7 Å². The number of Topliss-reactive ketones (excluding diaryl/α,β-unsaturated/α-hetero) is 1. The van der Waals surface area contributed by atoms with E-state index in [9.17, 15) is 14.7 Å². The predicted molar refractivity (Wildman–Crippen MR) is 101 cm³/mol. The van der Waals surface area contributed by atoms with Gasteiger partial charge >= 0.3 is 5.97 Å². The number of hydrogen-bond donors (Lipinski definition) is 1. The second kappa shape index (κ2) is 6.51. The second-order valence-electron chi connectivity index (χ2n) is 5.80. The molecule has 4 rings (SSSR count). The lowest BCUT2D eigenvalue weighted by Gasteiger charge is -2.00. The summed E-state index contributed by atoms with van der Waals surface area (Å²) in [7, 11) is 0. The third kappa shape index (κ3) is 2.95. The number of thiazole rings is 1. The number of carboxylic acid groups (broad SMARTS) is 1.